The molecular weight excluding hydrogens is 302 g/mol. The zero-order chi connectivity index (χ0) is 15.7. The van der Waals surface area contributed by atoms with Crippen molar-refractivity contribution >= 4 is 28.5 Å². The van der Waals surface area contributed by atoms with Crippen LogP contribution in [-0.4, -0.2) is 32.2 Å². The Labute approximate surface area is 132 Å². The second-order valence-electron chi connectivity index (χ2n) is 5.08. The Morgan fingerprint density at radius 3 is 2.86 bits per heavy atom. The van der Waals surface area contributed by atoms with Crippen LogP contribution in [0.15, 0.2) is 24.3 Å². The number of nitrogens with one attached hydrogen (secondary N) is 2. The normalized spacial score (nSPS) is 11.0. The molecule has 3 rings (SSSR count). The molecule has 22 heavy (non-hydrogen) atoms. The van der Waals surface area contributed by atoms with E-state index in [1.165, 1.54) is 4.68 Å². The Balaban J connectivity index is 1.64. The minimum Gasteiger partial charge on any atom is -0.351 e. The fourth-order valence-corrected chi connectivity index (χ4v) is 2.66. The largest absolute Gasteiger partial charge is 0.351 e. The van der Waals surface area contributed by atoms with E-state index in [2.05, 4.69) is 20.4 Å². The molecule has 0 fully saturated rings. The van der Waals surface area contributed by atoms with E-state index in [1.807, 2.05) is 24.3 Å². The number of aromatic amines is 1. The molecule has 0 atom stereocenters. The molecule has 0 bridgehead atoms. The van der Waals surface area contributed by atoms with E-state index < -0.39 is 0 Å². The van der Waals surface area contributed by atoms with Gasteiger partial charge in [-0.05, 0) is 19.1 Å². The van der Waals surface area contributed by atoms with Crippen molar-refractivity contribution in [3.05, 3.63) is 46.5 Å². The highest BCUT2D eigenvalue weighted by Gasteiger charge is 2.18. The van der Waals surface area contributed by atoms with Crippen molar-refractivity contribution in [2.45, 2.75) is 13.3 Å². The van der Waals surface area contributed by atoms with E-state index in [0.29, 0.717) is 29.4 Å². The van der Waals surface area contributed by atoms with Crippen molar-refractivity contribution in [3.63, 3.8) is 0 Å². The van der Waals surface area contributed by atoms with Crippen molar-refractivity contribution < 1.29 is 4.79 Å². The van der Waals surface area contributed by atoms with Crippen molar-refractivity contribution in [3.8, 4) is 0 Å². The smallest absolute Gasteiger partial charge is 0.256 e. The van der Waals surface area contributed by atoms with Crippen LogP contribution in [0.5, 0.6) is 0 Å². The van der Waals surface area contributed by atoms with Crippen LogP contribution in [-0.2, 0) is 13.5 Å². The van der Waals surface area contributed by atoms with Gasteiger partial charge in [-0.15, -0.1) is 0 Å². The first kappa shape index (κ1) is 14.6. The van der Waals surface area contributed by atoms with Gasteiger partial charge in [0.15, 0.2) is 0 Å². The monoisotopic (exact) mass is 317 g/mol. The molecule has 6 nitrogen and oxygen atoms in total. The first-order chi connectivity index (χ1) is 10.6. The number of H-pyrrole nitrogens is 1. The number of halogens is 1. The topological polar surface area (TPSA) is 75.6 Å². The van der Waals surface area contributed by atoms with Gasteiger partial charge in [0.2, 0.25) is 0 Å². The number of aromatic nitrogens is 4. The van der Waals surface area contributed by atoms with E-state index in [4.69, 9.17) is 11.6 Å². The zero-order valence-electron chi connectivity index (χ0n) is 12.4. The molecule has 2 N–H and O–H groups in total. The maximum atomic E-state index is 12.2. The summed E-state index contributed by atoms with van der Waals surface area (Å²) in [6.45, 7) is 2.24. The van der Waals surface area contributed by atoms with Crippen LogP contribution in [0, 0.1) is 6.92 Å². The predicted octanol–water partition coefficient (Wildman–Crippen LogP) is 2.23. The van der Waals surface area contributed by atoms with Gasteiger partial charge in [-0.1, -0.05) is 23.7 Å². The standard InChI is InChI=1S/C15H16ClN5O/c1-9-13(14(16)21(2)20-9)15(22)17-8-7-12-18-10-5-3-4-6-11(10)19-12/h3-6H,7-8H2,1-2H3,(H,17,22)(H,18,19). The van der Waals surface area contributed by atoms with Gasteiger partial charge in [0.05, 0.1) is 22.3 Å². The average Bonchev–Trinajstić information content (AvgIpc) is 3.00. The highest BCUT2D eigenvalue weighted by Crippen LogP contribution is 2.18. The number of benzene rings is 1. The molecule has 0 spiro atoms. The second-order valence-corrected chi connectivity index (χ2v) is 5.44. The minimum atomic E-state index is -0.216. The third-order valence-electron chi connectivity index (χ3n) is 3.47. The molecule has 0 saturated heterocycles. The number of nitrogens with zero attached hydrogens (tertiary/aromatic N) is 3. The number of carbonyl (C=O) groups is 1. The van der Waals surface area contributed by atoms with Gasteiger partial charge in [-0.2, -0.15) is 5.10 Å². The second kappa shape index (κ2) is 5.81. The van der Waals surface area contributed by atoms with Gasteiger partial charge < -0.3 is 10.3 Å². The highest BCUT2D eigenvalue weighted by atomic mass is 35.5. The maximum Gasteiger partial charge on any atom is 0.256 e. The van der Waals surface area contributed by atoms with E-state index >= 15 is 0 Å². The molecule has 0 saturated carbocycles. The Morgan fingerprint density at radius 1 is 1.41 bits per heavy atom. The van der Waals surface area contributed by atoms with Gasteiger partial charge in [-0.3, -0.25) is 9.48 Å². The van der Waals surface area contributed by atoms with Gasteiger partial charge >= 0.3 is 0 Å². The highest BCUT2D eigenvalue weighted by molar-refractivity contribution is 6.33. The minimum absolute atomic E-state index is 0.216. The molecule has 0 radical (unpaired) electrons. The number of amides is 1. The fourth-order valence-electron chi connectivity index (χ4n) is 2.39. The number of fused-ring (bicyclic) bond motifs is 1. The summed E-state index contributed by atoms with van der Waals surface area (Å²) < 4.78 is 1.49. The Kier molecular flexibility index (Phi) is 3.85. The molecule has 7 heteroatoms. The SMILES string of the molecule is Cc1nn(C)c(Cl)c1C(=O)NCCc1nc2ccccc2[nH]1. The van der Waals surface area contributed by atoms with Crippen molar-refractivity contribution in [1.29, 1.82) is 0 Å². The molecule has 0 aliphatic rings. The lowest BCUT2D eigenvalue weighted by molar-refractivity contribution is 0.0953. The first-order valence-electron chi connectivity index (χ1n) is 6.97. The maximum absolute atomic E-state index is 12.2. The number of hydrogen-bond donors (Lipinski definition) is 2. The molecule has 0 aliphatic heterocycles. The number of aryl methyl sites for hydroxylation is 2. The lowest BCUT2D eigenvalue weighted by atomic mass is 10.2. The molecule has 3 aromatic rings. The van der Waals surface area contributed by atoms with Crippen molar-refractivity contribution in [2.24, 2.45) is 7.05 Å². The third kappa shape index (κ3) is 2.69. The lowest BCUT2D eigenvalue weighted by Gasteiger charge is -2.03. The van der Waals surface area contributed by atoms with E-state index in [0.717, 1.165) is 16.9 Å². The quantitative estimate of drug-likeness (QED) is 0.775. The molecule has 0 aliphatic carbocycles. The van der Waals surface area contributed by atoms with Gasteiger partial charge in [0.1, 0.15) is 11.0 Å². The summed E-state index contributed by atoms with van der Waals surface area (Å²) in [5, 5.41) is 7.33. The van der Waals surface area contributed by atoms with Crippen molar-refractivity contribution in [1.82, 2.24) is 25.1 Å². The molecule has 1 aromatic carbocycles. The summed E-state index contributed by atoms with van der Waals surface area (Å²) in [6, 6.07) is 7.83. The Bertz CT molecular complexity index is 803. The van der Waals surface area contributed by atoms with Crippen LogP contribution in [0.25, 0.3) is 11.0 Å². The molecule has 1 amide bonds. The van der Waals surface area contributed by atoms with Crippen LogP contribution in [0.4, 0.5) is 0 Å². The molecule has 2 aromatic heterocycles. The first-order valence-corrected chi connectivity index (χ1v) is 7.35. The predicted molar refractivity (Wildman–Crippen MR) is 85.1 cm³/mol. The number of rotatable bonds is 4. The molecular formula is C15H16ClN5O. The summed E-state index contributed by atoms with van der Waals surface area (Å²) in [7, 11) is 1.71. The van der Waals surface area contributed by atoms with Gasteiger partial charge in [0.25, 0.3) is 5.91 Å². The number of carbonyl (C=O) groups excluding carboxylic acids is 1. The Hall–Kier alpha value is -2.34. The fraction of sp³-hybridized carbons (Fsp3) is 0.267. The van der Waals surface area contributed by atoms with E-state index in [9.17, 15) is 4.79 Å². The Morgan fingerprint density at radius 2 is 2.18 bits per heavy atom. The summed E-state index contributed by atoms with van der Waals surface area (Å²) in [4.78, 5) is 19.9. The third-order valence-corrected chi connectivity index (χ3v) is 3.90. The lowest BCUT2D eigenvalue weighted by Crippen LogP contribution is -2.26. The van der Waals surface area contributed by atoms with Crippen LogP contribution in [0.1, 0.15) is 21.9 Å². The number of para-hydroxylation sites is 2. The van der Waals surface area contributed by atoms with Crippen LogP contribution in [0.3, 0.4) is 0 Å². The molecule has 114 valence electrons. The number of imidazole rings is 1. The molecule has 2 heterocycles. The summed E-state index contributed by atoms with van der Waals surface area (Å²) >= 11 is 6.08. The van der Waals surface area contributed by atoms with Crippen LogP contribution >= 0.6 is 11.6 Å². The number of hydrogen-bond acceptors (Lipinski definition) is 3. The van der Waals surface area contributed by atoms with Crippen molar-refractivity contribution in [2.75, 3.05) is 6.54 Å². The summed E-state index contributed by atoms with van der Waals surface area (Å²) in [6.07, 6.45) is 0.622. The molecule has 0 unspecified atom stereocenters. The van der Waals surface area contributed by atoms with Crippen LogP contribution in [0.2, 0.25) is 5.15 Å². The van der Waals surface area contributed by atoms with Gasteiger partial charge in [-0.25, -0.2) is 4.98 Å². The van der Waals surface area contributed by atoms with Crippen LogP contribution < -0.4 is 5.32 Å². The van der Waals surface area contributed by atoms with Gasteiger partial charge in [0, 0.05) is 20.0 Å². The summed E-state index contributed by atoms with van der Waals surface area (Å²) in [5.74, 6) is 0.627. The zero-order valence-corrected chi connectivity index (χ0v) is 13.1. The summed E-state index contributed by atoms with van der Waals surface area (Å²) in [5.41, 5.74) is 2.97. The average molecular weight is 318 g/mol. The van der Waals surface area contributed by atoms with E-state index in [1.54, 1.807) is 14.0 Å². The van der Waals surface area contributed by atoms with E-state index in [-0.39, 0.29) is 5.91 Å².